The van der Waals surface area contributed by atoms with Crippen molar-refractivity contribution < 1.29 is 14.6 Å². The number of amides is 1. The van der Waals surface area contributed by atoms with Gasteiger partial charge in [-0.2, -0.15) is 0 Å². The highest BCUT2D eigenvalue weighted by molar-refractivity contribution is 5.96. The lowest BCUT2D eigenvalue weighted by atomic mass is 9.92. The fourth-order valence-electron chi connectivity index (χ4n) is 5.10. The van der Waals surface area contributed by atoms with E-state index in [0.717, 1.165) is 66.7 Å². The fraction of sp³-hybridized carbons (Fsp3) is 0.519. The van der Waals surface area contributed by atoms with Gasteiger partial charge in [-0.05, 0) is 89.7 Å². The Bertz CT molecular complexity index is 955. The highest BCUT2D eigenvalue weighted by Gasteiger charge is 2.26. The van der Waals surface area contributed by atoms with Crippen molar-refractivity contribution in [2.75, 3.05) is 20.6 Å². The summed E-state index contributed by atoms with van der Waals surface area (Å²) in [6, 6.07) is 6.39. The van der Waals surface area contributed by atoms with E-state index in [-0.39, 0.29) is 12.0 Å². The molecule has 3 aliphatic rings. The second-order valence-electron chi connectivity index (χ2n) is 9.62. The molecule has 2 aliphatic heterocycles. The Morgan fingerprint density at radius 2 is 1.91 bits per heavy atom. The number of carbonyl (C=O) groups excluding carboxylic acids is 1. The summed E-state index contributed by atoms with van der Waals surface area (Å²) < 4.78 is 6.47. The SMILES string of the molecule is CC1=CC2=C(CNC(=O)c3cccc(OC4CCC(N(C)C)CC4)c3C/C=C\CC2)C(O)N1. The van der Waals surface area contributed by atoms with E-state index >= 15 is 0 Å². The number of aliphatic hydroxyl groups is 1. The molecule has 2 heterocycles. The largest absolute Gasteiger partial charge is 0.490 e. The first-order valence-electron chi connectivity index (χ1n) is 12.2. The molecule has 1 aliphatic carbocycles. The molecule has 1 unspecified atom stereocenters. The Balaban J connectivity index is 1.55. The van der Waals surface area contributed by atoms with Crippen LogP contribution in [0.5, 0.6) is 5.75 Å². The molecule has 1 saturated carbocycles. The van der Waals surface area contributed by atoms with Gasteiger partial charge in [-0.3, -0.25) is 4.79 Å². The topological polar surface area (TPSA) is 73.8 Å². The van der Waals surface area contributed by atoms with E-state index in [9.17, 15) is 9.90 Å². The van der Waals surface area contributed by atoms with Crippen molar-refractivity contribution in [3.63, 3.8) is 0 Å². The highest BCUT2D eigenvalue weighted by atomic mass is 16.5. The number of allylic oxidation sites excluding steroid dienone is 5. The molecule has 0 saturated heterocycles. The van der Waals surface area contributed by atoms with Crippen LogP contribution in [0.4, 0.5) is 0 Å². The van der Waals surface area contributed by atoms with Crippen LogP contribution in [-0.4, -0.2) is 54.9 Å². The lowest BCUT2D eigenvalue weighted by Crippen LogP contribution is -2.39. The molecule has 1 aromatic carbocycles. The number of ether oxygens (including phenoxy) is 1. The van der Waals surface area contributed by atoms with Gasteiger partial charge in [0.05, 0.1) is 6.10 Å². The number of carbonyl (C=O) groups is 1. The number of aliphatic hydroxyl groups excluding tert-OH is 1. The summed E-state index contributed by atoms with van der Waals surface area (Å²) in [4.78, 5) is 15.5. The number of fused-ring (bicyclic) bond motifs is 1. The van der Waals surface area contributed by atoms with Crippen LogP contribution >= 0.6 is 0 Å². The van der Waals surface area contributed by atoms with Crippen LogP contribution in [0.25, 0.3) is 0 Å². The molecule has 33 heavy (non-hydrogen) atoms. The molecule has 0 aromatic heterocycles. The van der Waals surface area contributed by atoms with E-state index in [1.54, 1.807) is 0 Å². The van der Waals surface area contributed by atoms with Gasteiger partial charge in [0.2, 0.25) is 0 Å². The number of hydrogen-bond acceptors (Lipinski definition) is 5. The van der Waals surface area contributed by atoms with Crippen LogP contribution < -0.4 is 15.4 Å². The third-order valence-electron chi connectivity index (χ3n) is 7.05. The van der Waals surface area contributed by atoms with Gasteiger partial charge in [-0.15, -0.1) is 0 Å². The molecule has 6 nitrogen and oxygen atoms in total. The number of nitrogens with one attached hydrogen (secondary N) is 2. The molecule has 1 atom stereocenters. The first-order chi connectivity index (χ1) is 15.9. The summed E-state index contributed by atoms with van der Waals surface area (Å²) in [5.74, 6) is 0.682. The highest BCUT2D eigenvalue weighted by Crippen LogP contribution is 2.30. The molecule has 1 fully saturated rings. The summed E-state index contributed by atoms with van der Waals surface area (Å²) in [5.41, 5.74) is 4.44. The third kappa shape index (κ3) is 5.68. The van der Waals surface area contributed by atoms with Crippen molar-refractivity contribution in [3.8, 4) is 5.75 Å². The number of dihydropyridines is 1. The number of hydrogen-bond donors (Lipinski definition) is 3. The predicted molar refractivity (Wildman–Crippen MR) is 131 cm³/mol. The fourth-order valence-corrected chi connectivity index (χ4v) is 5.10. The summed E-state index contributed by atoms with van der Waals surface area (Å²) in [7, 11) is 4.29. The quantitative estimate of drug-likeness (QED) is 0.612. The smallest absolute Gasteiger partial charge is 0.251 e. The van der Waals surface area contributed by atoms with Gasteiger partial charge < -0.3 is 25.4 Å². The average Bonchev–Trinajstić information content (AvgIpc) is 2.78. The van der Waals surface area contributed by atoms with Crippen molar-refractivity contribution in [1.29, 1.82) is 0 Å². The summed E-state index contributed by atoms with van der Waals surface area (Å²) in [6.07, 6.45) is 12.5. The predicted octanol–water partition coefficient (Wildman–Crippen LogP) is 3.68. The molecular formula is C27H37N3O3. The molecule has 6 heteroatoms. The summed E-state index contributed by atoms with van der Waals surface area (Å²) in [6.45, 7) is 2.26. The maximum atomic E-state index is 13.2. The zero-order valence-corrected chi connectivity index (χ0v) is 20.1. The van der Waals surface area contributed by atoms with Crippen molar-refractivity contribution in [2.45, 2.75) is 70.2 Å². The van der Waals surface area contributed by atoms with Gasteiger partial charge in [0.1, 0.15) is 12.0 Å². The zero-order chi connectivity index (χ0) is 23.4. The van der Waals surface area contributed by atoms with Gasteiger partial charge in [0.15, 0.2) is 0 Å². The second-order valence-corrected chi connectivity index (χ2v) is 9.62. The zero-order valence-electron chi connectivity index (χ0n) is 20.1. The average molecular weight is 452 g/mol. The molecule has 0 radical (unpaired) electrons. The number of rotatable bonds is 3. The lowest BCUT2D eigenvalue weighted by Gasteiger charge is -2.33. The molecule has 178 valence electrons. The third-order valence-corrected chi connectivity index (χ3v) is 7.05. The Morgan fingerprint density at radius 1 is 1.12 bits per heavy atom. The molecular weight excluding hydrogens is 414 g/mol. The van der Waals surface area contributed by atoms with Crippen molar-refractivity contribution in [3.05, 3.63) is 64.4 Å². The Hall–Kier alpha value is -2.57. The van der Waals surface area contributed by atoms with E-state index in [2.05, 4.69) is 47.9 Å². The van der Waals surface area contributed by atoms with Crippen LogP contribution in [0.15, 0.2) is 53.3 Å². The maximum Gasteiger partial charge on any atom is 0.251 e. The van der Waals surface area contributed by atoms with E-state index < -0.39 is 6.23 Å². The lowest BCUT2D eigenvalue weighted by molar-refractivity contribution is 0.0947. The maximum absolute atomic E-state index is 13.2. The van der Waals surface area contributed by atoms with Gasteiger partial charge in [-0.25, -0.2) is 0 Å². The first kappa shape index (κ1) is 23.6. The Morgan fingerprint density at radius 3 is 2.67 bits per heavy atom. The van der Waals surface area contributed by atoms with E-state index in [4.69, 9.17) is 4.74 Å². The van der Waals surface area contributed by atoms with Gasteiger partial charge >= 0.3 is 0 Å². The first-order valence-corrected chi connectivity index (χ1v) is 12.2. The number of nitrogens with zero attached hydrogens (tertiary/aromatic N) is 1. The molecule has 3 N–H and O–H groups in total. The van der Waals surface area contributed by atoms with Crippen LogP contribution in [0.1, 0.15) is 61.4 Å². The minimum absolute atomic E-state index is 0.133. The summed E-state index contributed by atoms with van der Waals surface area (Å²) in [5, 5.41) is 16.6. The van der Waals surface area contributed by atoms with Crippen LogP contribution in [0.3, 0.4) is 0 Å². The van der Waals surface area contributed by atoms with Gasteiger partial charge in [0.25, 0.3) is 5.91 Å². The van der Waals surface area contributed by atoms with Crippen molar-refractivity contribution in [2.24, 2.45) is 0 Å². The standard InChI is InChI=1S/C27H37N3O3/c1-18-16-19-8-5-4-6-9-22-23(26(31)28-17-24(19)27(32)29-18)10-7-11-25(22)33-21-14-12-20(13-15-21)30(2)3/h4,6-7,10-11,16,20-21,27,29,32H,5,8-9,12-15,17H2,1-3H3,(H,28,31)/b6-4-. The number of benzene rings is 1. The van der Waals surface area contributed by atoms with Crippen molar-refractivity contribution in [1.82, 2.24) is 15.5 Å². The van der Waals surface area contributed by atoms with Crippen LogP contribution in [0.2, 0.25) is 0 Å². The normalized spacial score (nSPS) is 27.2. The van der Waals surface area contributed by atoms with Gasteiger partial charge in [0, 0.05) is 35.0 Å². The molecule has 4 rings (SSSR count). The molecule has 1 aromatic rings. The monoisotopic (exact) mass is 451 g/mol. The second kappa shape index (κ2) is 10.6. The van der Waals surface area contributed by atoms with Crippen LogP contribution in [-0.2, 0) is 6.42 Å². The van der Waals surface area contributed by atoms with Crippen molar-refractivity contribution >= 4 is 5.91 Å². The van der Waals surface area contributed by atoms with Gasteiger partial charge in [-0.1, -0.05) is 18.2 Å². The van der Waals surface area contributed by atoms with E-state index in [1.165, 1.54) is 0 Å². The van der Waals surface area contributed by atoms with E-state index in [0.29, 0.717) is 24.6 Å². The van der Waals surface area contributed by atoms with E-state index in [1.807, 2.05) is 25.1 Å². The molecule has 1 amide bonds. The molecule has 0 bridgehead atoms. The minimum atomic E-state index is -0.774. The molecule has 0 spiro atoms. The summed E-state index contributed by atoms with van der Waals surface area (Å²) >= 11 is 0. The Labute approximate surface area is 197 Å². The minimum Gasteiger partial charge on any atom is -0.490 e. The Kier molecular flexibility index (Phi) is 7.56. The van der Waals surface area contributed by atoms with Crippen LogP contribution in [0, 0.1) is 0 Å².